The molecule has 1 atom stereocenters. The van der Waals surface area contributed by atoms with Gasteiger partial charge >= 0.3 is 0 Å². The van der Waals surface area contributed by atoms with Crippen molar-refractivity contribution in [3.63, 3.8) is 0 Å². The fourth-order valence-corrected chi connectivity index (χ4v) is 2.12. The summed E-state index contributed by atoms with van der Waals surface area (Å²) in [6.07, 6.45) is 5.49. The number of nitrogens with two attached hydrogens (primary N) is 1. The summed E-state index contributed by atoms with van der Waals surface area (Å²) in [6.45, 7) is 4.12. The van der Waals surface area contributed by atoms with Gasteiger partial charge in [0.15, 0.2) is 0 Å². The Labute approximate surface area is 114 Å². The van der Waals surface area contributed by atoms with Crippen LogP contribution in [-0.4, -0.2) is 9.97 Å². The Bertz CT molecular complexity index is 522. The van der Waals surface area contributed by atoms with E-state index in [1.54, 1.807) is 6.20 Å². The zero-order chi connectivity index (χ0) is 13.7. The van der Waals surface area contributed by atoms with Gasteiger partial charge in [-0.05, 0) is 36.6 Å². The van der Waals surface area contributed by atoms with Crippen molar-refractivity contribution in [3.05, 3.63) is 59.2 Å². The second-order valence-electron chi connectivity index (χ2n) is 4.61. The highest BCUT2D eigenvalue weighted by molar-refractivity contribution is 5.24. The van der Waals surface area contributed by atoms with Crippen molar-refractivity contribution in [3.8, 4) is 0 Å². The smallest absolute Gasteiger partial charge is 0.0533 e. The number of hydrogen-bond acceptors (Lipinski definition) is 4. The molecule has 1 unspecified atom stereocenters. The van der Waals surface area contributed by atoms with E-state index < -0.39 is 0 Å². The number of nitrogens with one attached hydrogen (secondary N) is 1. The number of aromatic nitrogens is 2. The maximum Gasteiger partial charge on any atom is 0.0533 e. The van der Waals surface area contributed by atoms with Gasteiger partial charge in [0, 0.05) is 30.2 Å². The fourth-order valence-electron chi connectivity index (χ4n) is 2.12. The second kappa shape index (κ2) is 6.41. The average Bonchev–Trinajstić information content (AvgIpc) is 2.46. The summed E-state index contributed by atoms with van der Waals surface area (Å²) in [4.78, 5) is 8.78. The van der Waals surface area contributed by atoms with Crippen LogP contribution >= 0.6 is 0 Å². The lowest BCUT2D eigenvalue weighted by atomic mass is 10.0. The van der Waals surface area contributed by atoms with Crippen LogP contribution in [-0.2, 0) is 12.8 Å². The molecular weight excluding hydrogens is 236 g/mol. The summed E-state index contributed by atoms with van der Waals surface area (Å²) in [5.74, 6) is 5.67. The van der Waals surface area contributed by atoms with E-state index in [1.807, 2.05) is 25.3 Å². The first-order chi connectivity index (χ1) is 9.24. The van der Waals surface area contributed by atoms with Crippen molar-refractivity contribution in [2.45, 2.75) is 32.7 Å². The maximum atomic E-state index is 5.67. The minimum absolute atomic E-state index is 0.0358. The van der Waals surface area contributed by atoms with Gasteiger partial charge in [-0.15, -0.1) is 0 Å². The molecule has 4 heteroatoms. The minimum atomic E-state index is 0.0358. The molecule has 2 rings (SSSR count). The van der Waals surface area contributed by atoms with Gasteiger partial charge in [-0.3, -0.25) is 21.2 Å². The number of nitrogens with zero attached hydrogens (tertiary/aromatic N) is 2. The first kappa shape index (κ1) is 13.6. The average molecular weight is 256 g/mol. The monoisotopic (exact) mass is 256 g/mol. The highest BCUT2D eigenvalue weighted by Gasteiger charge is 2.13. The number of aryl methyl sites for hydroxylation is 2. The summed E-state index contributed by atoms with van der Waals surface area (Å²) >= 11 is 0. The van der Waals surface area contributed by atoms with Gasteiger partial charge < -0.3 is 0 Å². The van der Waals surface area contributed by atoms with Crippen molar-refractivity contribution in [2.24, 2.45) is 5.84 Å². The predicted molar refractivity (Wildman–Crippen MR) is 76.4 cm³/mol. The van der Waals surface area contributed by atoms with Crippen LogP contribution in [0.2, 0.25) is 0 Å². The van der Waals surface area contributed by atoms with Gasteiger partial charge in [0.2, 0.25) is 0 Å². The Morgan fingerprint density at radius 2 is 2.11 bits per heavy atom. The zero-order valence-corrected chi connectivity index (χ0v) is 11.4. The third kappa shape index (κ3) is 3.36. The van der Waals surface area contributed by atoms with E-state index in [2.05, 4.69) is 34.5 Å². The molecule has 0 saturated carbocycles. The van der Waals surface area contributed by atoms with Crippen LogP contribution in [0.3, 0.4) is 0 Å². The Kier molecular flexibility index (Phi) is 4.60. The first-order valence-corrected chi connectivity index (χ1v) is 6.56. The van der Waals surface area contributed by atoms with Crippen molar-refractivity contribution in [1.29, 1.82) is 0 Å². The first-order valence-electron chi connectivity index (χ1n) is 6.56. The van der Waals surface area contributed by atoms with E-state index in [0.717, 1.165) is 29.8 Å². The molecule has 2 aromatic rings. The molecule has 0 aliphatic carbocycles. The Morgan fingerprint density at radius 3 is 2.68 bits per heavy atom. The molecule has 19 heavy (non-hydrogen) atoms. The third-order valence-corrected chi connectivity index (χ3v) is 3.33. The Morgan fingerprint density at radius 1 is 1.26 bits per heavy atom. The SMILES string of the molecule is CCc1ccc(CC(NN)c2cccnc2C)nc1. The van der Waals surface area contributed by atoms with Crippen LogP contribution in [0.1, 0.15) is 35.5 Å². The van der Waals surface area contributed by atoms with Crippen molar-refractivity contribution < 1.29 is 0 Å². The van der Waals surface area contributed by atoms with Crippen molar-refractivity contribution in [2.75, 3.05) is 0 Å². The van der Waals surface area contributed by atoms with E-state index in [4.69, 9.17) is 5.84 Å². The lowest BCUT2D eigenvalue weighted by molar-refractivity contribution is 0.541. The van der Waals surface area contributed by atoms with Crippen LogP contribution in [0, 0.1) is 6.92 Å². The molecule has 0 radical (unpaired) electrons. The summed E-state index contributed by atoms with van der Waals surface area (Å²) < 4.78 is 0. The molecule has 0 saturated heterocycles. The molecule has 0 aromatic carbocycles. The van der Waals surface area contributed by atoms with Crippen LogP contribution in [0.25, 0.3) is 0 Å². The van der Waals surface area contributed by atoms with E-state index in [9.17, 15) is 0 Å². The molecule has 3 N–H and O–H groups in total. The van der Waals surface area contributed by atoms with Gasteiger partial charge in [0.05, 0.1) is 6.04 Å². The molecule has 0 fully saturated rings. The molecule has 4 nitrogen and oxygen atoms in total. The maximum absolute atomic E-state index is 5.67. The van der Waals surface area contributed by atoms with Crippen LogP contribution in [0.5, 0.6) is 0 Å². The lowest BCUT2D eigenvalue weighted by Crippen LogP contribution is -2.30. The number of rotatable bonds is 5. The topological polar surface area (TPSA) is 63.8 Å². The standard InChI is InChI=1S/C15H20N4/c1-3-12-6-7-13(18-10-12)9-15(19-16)14-5-4-8-17-11(14)2/h4-8,10,15,19H,3,9,16H2,1-2H3. The molecule has 2 aromatic heterocycles. The van der Waals surface area contributed by atoms with Gasteiger partial charge in [-0.2, -0.15) is 0 Å². The number of hydrazine groups is 1. The van der Waals surface area contributed by atoms with Gasteiger partial charge in [0.1, 0.15) is 0 Å². The van der Waals surface area contributed by atoms with Crippen LogP contribution in [0.15, 0.2) is 36.7 Å². The Hall–Kier alpha value is -1.78. The van der Waals surface area contributed by atoms with Gasteiger partial charge in [0.25, 0.3) is 0 Å². The van der Waals surface area contributed by atoms with E-state index >= 15 is 0 Å². The molecule has 0 bridgehead atoms. The molecule has 100 valence electrons. The lowest BCUT2D eigenvalue weighted by Gasteiger charge is -2.17. The molecular formula is C15H20N4. The fraction of sp³-hybridized carbons (Fsp3) is 0.333. The van der Waals surface area contributed by atoms with Gasteiger partial charge in [-0.25, -0.2) is 0 Å². The summed E-state index contributed by atoms with van der Waals surface area (Å²) in [7, 11) is 0. The highest BCUT2D eigenvalue weighted by atomic mass is 15.2. The normalized spacial score (nSPS) is 12.4. The van der Waals surface area contributed by atoms with E-state index in [1.165, 1.54) is 5.56 Å². The molecule has 0 spiro atoms. The summed E-state index contributed by atoms with van der Waals surface area (Å²) in [5, 5.41) is 0. The molecule has 2 heterocycles. The zero-order valence-electron chi connectivity index (χ0n) is 11.4. The molecule has 0 amide bonds. The van der Waals surface area contributed by atoms with E-state index in [-0.39, 0.29) is 6.04 Å². The van der Waals surface area contributed by atoms with Crippen molar-refractivity contribution >= 4 is 0 Å². The largest absolute Gasteiger partial charge is 0.271 e. The van der Waals surface area contributed by atoms with Crippen LogP contribution < -0.4 is 11.3 Å². The predicted octanol–water partition coefficient (Wildman–Crippen LogP) is 2.09. The third-order valence-electron chi connectivity index (χ3n) is 3.33. The summed E-state index contributed by atoms with van der Waals surface area (Å²) in [5.41, 5.74) is 7.25. The summed E-state index contributed by atoms with van der Waals surface area (Å²) in [6, 6.07) is 8.20. The van der Waals surface area contributed by atoms with Crippen molar-refractivity contribution in [1.82, 2.24) is 15.4 Å². The Balaban J connectivity index is 2.17. The van der Waals surface area contributed by atoms with E-state index in [0.29, 0.717) is 0 Å². The number of pyridine rings is 2. The molecule has 0 aliphatic rings. The van der Waals surface area contributed by atoms with Crippen LogP contribution in [0.4, 0.5) is 0 Å². The van der Waals surface area contributed by atoms with Gasteiger partial charge in [-0.1, -0.05) is 19.1 Å². The highest BCUT2D eigenvalue weighted by Crippen LogP contribution is 2.19. The number of hydrogen-bond donors (Lipinski definition) is 2. The second-order valence-corrected chi connectivity index (χ2v) is 4.61. The minimum Gasteiger partial charge on any atom is -0.271 e. The quantitative estimate of drug-likeness (QED) is 0.635. The molecule has 0 aliphatic heterocycles.